The van der Waals surface area contributed by atoms with E-state index in [0.717, 1.165) is 18.5 Å². The Bertz CT molecular complexity index is 826. The molecule has 0 saturated carbocycles. The first-order valence-electron chi connectivity index (χ1n) is 9.10. The summed E-state index contributed by atoms with van der Waals surface area (Å²) in [4.78, 5) is 0. The summed E-state index contributed by atoms with van der Waals surface area (Å²) >= 11 is 11.3. The average molecular weight is 425 g/mol. The molecule has 0 aliphatic carbocycles. The standard InChI is InChI=1S/C16H20ClFN2.C6H4ClF/c1-16(2,3)7-15-11(8-19)12(9-20-15)10-4-5-14(18)13(17)6-10;7-5-2-1-3-6(8)4-5/h4-6,11-12,15,20H,7,9H2,1-3H3;1-4H. The normalized spacial score (nSPS) is 21.6. The second-order valence-electron chi connectivity index (χ2n) is 8.15. The molecule has 1 fully saturated rings. The second kappa shape index (κ2) is 9.69. The molecule has 2 nitrogen and oxygen atoms in total. The summed E-state index contributed by atoms with van der Waals surface area (Å²) in [6.45, 7) is 7.25. The van der Waals surface area contributed by atoms with Crippen LogP contribution in [0.4, 0.5) is 8.78 Å². The van der Waals surface area contributed by atoms with E-state index in [2.05, 4.69) is 32.2 Å². The lowest BCUT2D eigenvalue weighted by Gasteiger charge is -2.25. The first-order valence-corrected chi connectivity index (χ1v) is 9.85. The molecule has 0 spiro atoms. The molecular formula is C22H24Cl2F2N2. The van der Waals surface area contributed by atoms with Crippen molar-refractivity contribution in [3.05, 3.63) is 69.7 Å². The topological polar surface area (TPSA) is 35.8 Å². The Kier molecular flexibility index (Phi) is 7.83. The lowest BCUT2D eigenvalue weighted by atomic mass is 9.79. The highest BCUT2D eigenvalue weighted by Crippen LogP contribution is 2.37. The van der Waals surface area contributed by atoms with Gasteiger partial charge in [0.15, 0.2) is 0 Å². The van der Waals surface area contributed by atoms with Gasteiger partial charge in [0, 0.05) is 23.5 Å². The highest BCUT2D eigenvalue weighted by atomic mass is 35.5. The quantitative estimate of drug-likeness (QED) is 0.589. The molecule has 1 aliphatic heterocycles. The van der Waals surface area contributed by atoms with Crippen LogP contribution in [-0.4, -0.2) is 12.6 Å². The zero-order valence-electron chi connectivity index (χ0n) is 16.1. The SMILES string of the molecule is CC(C)(C)CC1NCC(c2ccc(F)c(Cl)c2)C1C#N.Fc1cccc(Cl)c1. The molecule has 1 saturated heterocycles. The third-order valence-electron chi connectivity index (χ3n) is 4.61. The molecule has 3 atom stereocenters. The van der Waals surface area contributed by atoms with Crippen molar-refractivity contribution >= 4 is 23.2 Å². The molecule has 2 aromatic carbocycles. The lowest BCUT2D eigenvalue weighted by molar-refractivity contribution is 0.304. The van der Waals surface area contributed by atoms with Gasteiger partial charge in [-0.25, -0.2) is 8.78 Å². The number of hydrogen-bond donors (Lipinski definition) is 1. The first-order chi connectivity index (χ1) is 13.1. The third-order valence-corrected chi connectivity index (χ3v) is 5.13. The summed E-state index contributed by atoms with van der Waals surface area (Å²) in [6.07, 6.45) is 0.941. The zero-order chi connectivity index (χ0) is 20.9. The predicted molar refractivity (Wildman–Crippen MR) is 111 cm³/mol. The maximum absolute atomic E-state index is 13.3. The van der Waals surface area contributed by atoms with E-state index < -0.39 is 5.82 Å². The van der Waals surface area contributed by atoms with Crippen LogP contribution in [0, 0.1) is 34.3 Å². The van der Waals surface area contributed by atoms with E-state index in [-0.39, 0.29) is 34.1 Å². The molecule has 1 heterocycles. The largest absolute Gasteiger partial charge is 0.312 e. The maximum atomic E-state index is 13.3. The second-order valence-corrected chi connectivity index (χ2v) is 9.00. The van der Waals surface area contributed by atoms with Gasteiger partial charge >= 0.3 is 0 Å². The van der Waals surface area contributed by atoms with Crippen molar-refractivity contribution in [2.24, 2.45) is 11.3 Å². The molecule has 0 amide bonds. The Morgan fingerprint density at radius 1 is 1.14 bits per heavy atom. The van der Waals surface area contributed by atoms with E-state index in [9.17, 15) is 14.0 Å². The maximum Gasteiger partial charge on any atom is 0.141 e. The van der Waals surface area contributed by atoms with Crippen molar-refractivity contribution in [2.75, 3.05) is 6.54 Å². The minimum absolute atomic E-state index is 0.0745. The van der Waals surface area contributed by atoms with Crippen molar-refractivity contribution in [3.63, 3.8) is 0 Å². The van der Waals surface area contributed by atoms with Crippen LogP contribution in [0.2, 0.25) is 10.0 Å². The van der Waals surface area contributed by atoms with Gasteiger partial charge in [0.2, 0.25) is 0 Å². The minimum atomic E-state index is -0.416. The van der Waals surface area contributed by atoms with Crippen molar-refractivity contribution in [3.8, 4) is 6.07 Å². The van der Waals surface area contributed by atoms with Crippen LogP contribution >= 0.6 is 23.2 Å². The molecule has 6 heteroatoms. The summed E-state index contributed by atoms with van der Waals surface area (Å²) in [6, 6.07) is 13.2. The van der Waals surface area contributed by atoms with Gasteiger partial charge in [-0.05, 0) is 47.7 Å². The van der Waals surface area contributed by atoms with Gasteiger partial charge in [0.1, 0.15) is 11.6 Å². The van der Waals surface area contributed by atoms with Gasteiger partial charge in [-0.15, -0.1) is 0 Å². The third kappa shape index (κ3) is 6.44. The van der Waals surface area contributed by atoms with Crippen LogP contribution in [0.1, 0.15) is 38.7 Å². The van der Waals surface area contributed by atoms with Gasteiger partial charge in [-0.1, -0.05) is 56.1 Å². The Morgan fingerprint density at radius 2 is 1.86 bits per heavy atom. The highest BCUT2D eigenvalue weighted by molar-refractivity contribution is 6.31. The molecule has 0 radical (unpaired) electrons. The summed E-state index contributed by atoms with van der Waals surface area (Å²) in [5.74, 6) is -0.736. The molecule has 1 aliphatic rings. The summed E-state index contributed by atoms with van der Waals surface area (Å²) < 4.78 is 25.3. The number of rotatable bonds is 2. The predicted octanol–water partition coefficient (Wildman–Crippen LogP) is 6.59. The van der Waals surface area contributed by atoms with Crippen molar-refractivity contribution in [1.29, 1.82) is 5.26 Å². The van der Waals surface area contributed by atoms with Crippen LogP contribution in [0.15, 0.2) is 42.5 Å². The van der Waals surface area contributed by atoms with Crippen LogP contribution in [-0.2, 0) is 0 Å². The monoisotopic (exact) mass is 424 g/mol. The lowest BCUT2D eigenvalue weighted by Crippen LogP contribution is -2.31. The van der Waals surface area contributed by atoms with Crippen LogP contribution < -0.4 is 5.32 Å². The fourth-order valence-electron chi connectivity index (χ4n) is 3.38. The molecule has 1 N–H and O–H groups in total. The summed E-state index contributed by atoms with van der Waals surface area (Å²) in [7, 11) is 0. The minimum Gasteiger partial charge on any atom is -0.312 e. The Hall–Kier alpha value is -1.67. The van der Waals surface area contributed by atoms with E-state index in [1.807, 2.05) is 0 Å². The van der Waals surface area contributed by atoms with Crippen molar-refractivity contribution < 1.29 is 8.78 Å². The molecule has 0 aromatic heterocycles. The summed E-state index contributed by atoms with van der Waals surface area (Å²) in [5.41, 5.74) is 1.11. The average Bonchev–Trinajstić information content (AvgIpc) is 2.98. The Labute approximate surface area is 175 Å². The van der Waals surface area contributed by atoms with Gasteiger partial charge in [0.25, 0.3) is 0 Å². The summed E-state index contributed by atoms with van der Waals surface area (Å²) in [5, 5.41) is 13.5. The molecule has 0 bridgehead atoms. The Balaban J connectivity index is 0.000000292. The molecule has 3 unspecified atom stereocenters. The van der Waals surface area contributed by atoms with Crippen LogP contribution in [0.5, 0.6) is 0 Å². The van der Waals surface area contributed by atoms with E-state index in [1.54, 1.807) is 24.3 Å². The van der Waals surface area contributed by atoms with Crippen molar-refractivity contribution in [1.82, 2.24) is 5.32 Å². The number of nitrogens with zero attached hydrogens (tertiary/aromatic N) is 1. The van der Waals surface area contributed by atoms with Gasteiger partial charge in [-0.3, -0.25) is 0 Å². The zero-order valence-corrected chi connectivity index (χ0v) is 17.7. The van der Waals surface area contributed by atoms with Crippen LogP contribution in [0.3, 0.4) is 0 Å². The first kappa shape index (κ1) is 22.6. The number of hydrogen-bond acceptors (Lipinski definition) is 2. The van der Waals surface area contributed by atoms with Gasteiger partial charge < -0.3 is 5.32 Å². The van der Waals surface area contributed by atoms with Crippen LogP contribution in [0.25, 0.3) is 0 Å². The van der Waals surface area contributed by atoms with E-state index in [4.69, 9.17) is 23.2 Å². The highest BCUT2D eigenvalue weighted by Gasteiger charge is 2.38. The van der Waals surface area contributed by atoms with E-state index >= 15 is 0 Å². The van der Waals surface area contributed by atoms with Crippen molar-refractivity contribution in [2.45, 2.75) is 39.2 Å². The van der Waals surface area contributed by atoms with Gasteiger partial charge in [0.05, 0.1) is 17.0 Å². The molecule has 150 valence electrons. The number of halogens is 4. The number of nitriles is 1. The van der Waals surface area contributed by atoms with E-state index in [1.165, 1.54) is 18.2 Å². The fraction of sp³-hybridized carbons (Fsp3) is 0.409. The number of benzene rings is 2. The Morgan fingerprint density at radius 3 is 2.36 bits per heavy atom. The molecule has 28 heavy (non-hydrogen) atoms. The van der Waals surface area contributed by atoms with Gasteiger partial charge in [-0.2, -0.15) is 5.26 Å². The molecular weight excluding hydrogens is 401 g/mol. The molecule has 3 rings (SSSR count). The number of nitrogens with one attached hydrogen (secondary N) is 1. The van der Waals surface area contributed by atoms with E-state index in [0.29, 0.717) is 5.02 Å². The fourth-order valence-corrected chi connectivity index (χ4v) is 3.75. The molecule has 2 aromatic rings. The smallest absolute Gasteiger partial charge is 0.141 e.